The molecular weight excluding hydrogens is 294 g/mol. The Morgan fingerprint density at radius 2 is 1.82 bits per heavy atom. The molecule has 7 nitrogen and oxygen atoms in total. The van der Waals surface area contributed by atoms with E-state index in [-0.39, 0.29) is 5.95 Å². The molecule has 1 aliphatic heterocycles. The highest BCUT2D eigenvalue weighted by molar-refractivity contribution is 5.61. The van der Waals surface area contributed by atoms with Gasteiger partial charge in [0.1, 0.15) is 5.82 Å². The summed E-state index contributed by atoms with van der Waals surface area (Å²) in [5.74, 6) is 0.0385. The summed E-state index contributed by atoms with van der Waals surface area (Å²) < 4.78 is 31.4. The third-order valence-corrected chi connectivity index (χ3v) is 3.23. The second kappa shape index (κ2) is 6.14. The molecule has 1 fully saturated rings. The maximum atomic E-state index is 13.1. The van der Waals surface area contributed by atoms with Crippen LogP contribution in [-0.4, -0.2) is 46.2 Å². The molecule has 2 N–H and O–H groups in total. The number of ether oxygens (including phenoxy) is 1. The second-order valence-corrected chi connectivity index (χ2v) is 4.70. The zero-order valence-electron chi connectivity index (χ0n) is 11.6. The van der Waals surface area contributed by atoms with Crippen molar-refractivity contribution in [3.05, 3.63) is 24.3 Å². The minimum atomic E-state index is -2.76. The topological polar surface area (TPSA) is 90.0 Å². The monoisotopic (exact) mass is 308 g/mol. The number of aromatic nitrogens is 4. The lowest BCUT2D eigenvalue weighted by molar-refractivity contribution is 0.121. The van der Waals surface area contributed by atoms with Crippen molar-refractivity contribution in [2.75, 3.05) is 36.9 Å². The summed E-state index contributed by atoms with van der Waals surface area (Å²) >= 11 is 0. The first-order chi connectivity index (χ1) is 10.6. The van der Waals surface area contributed by atoms with Gasteiger partial charge in [0.15, 0.2) is 5.82 Å². The standard InChI is InChI=1S/C13H14F2N6O/c14-11(15)12-19-9(8-6-17-13(16)18-7-8)5-10(20-12)21-1-3-22-4-2-21/h5-7,11H,1-4H2,(H2,16,17,18). The van der Waals surface area contributed by atoms with Gasteiger partial charge in [0.25, 0.3) is 6.43 Å². The summed E-state index contributed by atoms with van der Waals surface area (Å²) in [7, 11) is 0. The van der Waals surface area contributed by atoms with Crippen molar-refractivity contribution in [2.24, 2.45) is 0 Å². The molecule has 1 aliphatic rings. The van der Waals surface area contributed by atoms with Crippen LogP contribution in [0.4, 0.5) is 20.5 Å². The molecule has 0 bridgehead atoms. The Kier molecular flexibility index (Phi) is 4.05. The maximum Gasteiger partial charge on any atom is 0.297 e. The van der Waals surface area contributed by atoms with Gasteiger partial charge in [-0.1, -0.05) is 0 Å². The summed E-state index contributed by atoms with van der Waals surface area (Å²) in [5.41, 5.74) is 6.28. The van der Waals surface area contributed by atoms with E-state index in [0.717, 1.165) is 0 Å². The Morgan fingerprint density at radius 1 is 1.14 bits per heavy atom. The number of nitrogens with zero attached hydrogens (tertiary/aromatic N) is 5. The van der Waals surface area contributed by atoms with E-state index in [1.54, 1.807) is 6.07 Å². The van der Waals surface area contributed by atoms with Gasteiger partial charge in [-0.3, -0.25) is 0 Å². The molecule has 1 saturated heterocycles. The highest BCUT2D eigenvalue weighted by Gasteiger charge is 2.19. The number of halogens is 2. The van der Waals surface area contributed by atoms with E-state index < -0.39 is 12.2 Å². The van der Waals surface area contributed by atoms with Crippen LogP contribution >= 0.6 is 0 Å². The minimum Gasteiger partial charge on any atom is -0.378 e. The van der Waals surface area contributed by atoms with Gasteiger partial charge >= 0.3 is 0 Å². The zero-order chi connectivity index (χ0) is 15.5. The van der Waals surface area contributed by atoms with Crippen molar-refractivity contribution in [2.45, 2.75) is 6.43 Å². The van der Waals surface area contributed by atoms with Gasteiger partial charge in [-0.05, 0) is 0 Å². The number of rotatable bonds is 3. The Labute approximate surface area is 125 Å². The quantitative estimate of drug-likeness (QED) is 0.913. The third kappa shape index (κ3) is 3.08. The zero-order valence-corrected chi connectivity index (χ0v) is 11.6. The van der Waals surface area contributed by atoms with Crippen molar-refractivity contribution < 1.29 is 13.5 Å². The predicted octanol–water partition coefficient (Wildman–Crippen LogP) is 1.29. The molecule has 0 aromatic carbocycles. The average molecular weight is 308 g/mol. The Bertz CT molecular complexity index is 645. The van der Waals surface area contributed by atoms with E-state index in [1.807, 2.05) is 4.90 Å². The summed E-state index contributed by atoms with van der Waals surface area (Å²) in [6.45, 7) is 2.26. The molecular formula is C13H14F2N6O. The number of nitrogen functional groups attached to an aromatic ring is 1. The first kappa shape index (κ1) is 14.5. The SMILES string of the molecule is Nc1ncc(-c2cc(N3CCOCC3)nc(C(F)F)n2)cn1. The molecule has 22 heavy (non-hydrogen) atoms. The minimum absolute atomic E-state index is 0.111. The fourth-order valence-corrected chi connectivity index (χ4v) is 2.12. The van der Waals surface area contributed by atoms with Crippen molar-refractivity contribution in [1.82, 2.24) is 19.9 Å². The number of hydrogen-bond acceptors (Lipinski definition) is 7. The number of alkyl halides is 2. The predicted molar refractivity (Wildman–Crippen MR) is 75.5 cm³/mol. The average Bonchev–Trinajstić information content (AvgIpc) is 2.56. The van der Waals surface area contributed by atoms with E-state index >= 15 is 0 Å². The lowest BCUT2D eigenvalue weighted by Gasteiger charge is -2.28. The second-order valence-electron chi connectivity index (χ2n) is 4.70. The molecule has 0 amide bonds. The third-order valence-electron chi connectivity index (χ3n) is 3.23. The highest BCUT2D eigenvalue weighted by atomic mass is 19.3. The van der Waals surface area contributed by atoms with Gasteiger partial charge in [-0.2, -0.15) is 0 Å². The van der Waals surface area contributed by atoms with E-state index in [9.17, 15) is 8.78 Å². The van der Waals surface area contributed by atoms with Crippen molar-refractivity contribution in [1.29, 1.82) is 0 Å². The molecule has 0 unspecified atom stereocenters. The molecule has 0 spiro atoms. The van der Waals surface area contributed by atoms with Gasteiger partial charge < -0.3 is 15.4 Å². The number of nitrogens with two attached hydrogens (primary N) is 1. The largest absolute Gasteiger partial charge is 0.378 e. The van der Waals surface area contributed by atoms with Crippen molar-refractivity contribution in [3.63, 3.8) is 0 Å². The van der Waals surface area contributed by atoms with Crippen LogP contribution in [0.25, 0.3) is 11.3 Å². The normalized spacial score (nSPS) is 15.3. The van der Waals surface area contributed by atoms with Crippen molar-refractivity contribution in [3.8, 4) is 11.3 Å². The number of hydrogen-bond donors (Lipinski definition) is 1. The van der Waals surface area contributed by atoms with Gasteiger partial charge in [0, 0.05) is 37.1 Å². The Balaban J connectivity index is 2.01. The molecule has 0 atom stereocenters. The summed E-state index contributed by atoms with van der Waals surface area (Å²) in [6.07, 6.45) is 0.140. The molecule has 0 saturated carbocycles. The van der Waals surface area contributed by atoms with Gasteiger partial charge in [0.2, 0.25) is 5.95 Å². The number of morpholine rings is 1. The lowest BCUT2D eigenvalue weighted by Crippen LogP contribution is -2.37. The molecule has 2 aromatic heterocycles. The van der Waals surface area contributed by atoms with Crippen LogP contribution < -0.4 is 10.6 Å². The first-order valence-electron chi connectivity index (χ1n) is 6.71. The van der Waals surface area contributed by atoms with E-state index in [0.29, 0.717) is 43.4 Å². The molecule has 0 aliphatic carbocycles. The van der Waals surface area contributed by atoms with Gasteiger partial charge in [-0.25, -0.2) is 28.7 Å². The maximum absolute atomic E-state index is 13.1. The fraction of sp³-hybridized carbons (Fsp3) is 0.385. The van der Waals surface area contributed by atoms with Crippen LogP contribution in [0, 0.1) is 0 Å². The number of anilines is 2. The molecule has 0 radical (unpaired) electrons. The molecule has 3 heterocycles. The van der Waals surface area contributed by atoms with Crippen LogP contribution in [-0.2, 0) is 4.74 Å². The van der Waals surface area contributed by atoms with E-state index in [1.165, 1.54) is 12.4 Å². The highest BCUT2D eigenvalue weighted by Crippen LogP contribution is 2.25. The fourth-order valence-electron chi connectivity index (χ4n) is 2.12. The van der Waals surface area contributed by atoms with Crippen LogP contribution in [0.15, 0.2) is 18.5 Å². The van der Waals surface area contributed by atoms with Crippen LogP contribution in [0.2, 0.25) is 0 Å². The summed E-state index contributed by atoms with van der Waals surface area (Å²) in [6, 6.07) is 1.64. The van der Waals surface area contributed by atoms with Crippen molar-refractivity contribution >= 4 is 11.8 Å². The Hall–Kier alpha value is -2.42. The summed E-state index contributed by atoms with van der Waals surface area (Å²) in [5, 5.41) is 0. The summed E-state index contributed by atoms with van der Waals surface area (Å²) in [4.78, 5) is 17.4. The van der Waals surface area contributed by atoms with E-state index in [4.69, 9.17) is 10.5 Å². The van der Waals surface area contributed by atoms with Crippen LogP contribution in [0.5, 0.6) is 0 Å². The van der Waals surface area contributed by atoms with Gasteiger partial charge in [0.05, 0.1) is 18.9 Å². The lowest BCUT2D eigenvalue weighted by atomic mass is 10.2. The molecule has 9 heteroatoms. The first-order valence-corrected chi connectivity index (χ1v) is 6.71. The van der Waals surface area contributed by atoms with E-state index in [2.05, 4.69) is 19.9 Å². The molecule has 116 valence electrons. The smallest absolute Gasteiger partial charge is 0.297 e. The van der Waals surface area contributed by atoms with Crippen LogP contribution in [0.1, 0.15) is 12.2 Å². The van der Waals surface area contributed by atoms with Crippen LogP contribution in [0.3, 0.4) is 0 Å². The van der Waals surface area contributed by atoms with Gasteiger partial charge in [-0.15, -0.1) is 0 Å². The molecule has 3 rings (SSSR count). The molecule has 2 aromatic rings. The Morgan fingerprint density at radius 3 is 2.45 bits per heavy atom.